The van der Waals surface area contributed by atoms with Crippen LogP contribution in [0.25, 0.3) is 11.3 Å². The zero-order valence-electron chi connectivity index (χ0n) is 22.8. The number of amides is 3. The van der Waals surface area contributed by atoms with Crippen LogP contribution in [0.4, 0.5) is 10.5 Å². The van der Waals surface area contributed by atoms with Crippen LogP contribution in [0.3, 0.4) is 0 Å². The molecule has 212 valence electrons. The first-order valence-electron chi connectivity index (χ1n) is 12.0. The summed E-state index contributed by atoms with van der Waals surface area (Å²) in [7, 11) is 1.55. The number of hydrogen-bond acceptors (Lipinski definition) is 8. The van der Waals surface area contributed by atoms with Gasteiger partial charge in [-0.3, -0.25) is 20.2 Å². The molecule has 1 heterocycles. The molecule has 11 nitrogen and oxygen atoms in total. The number of rotatable bonds is 6. The van der Waals surface area contributed by atoms with Crippen molar-refractivity contribution in [1.29, 1.82) is 0 Å². The summed E-state index contributed by atoms with van der Waals surface area (Å²) < 4.78 is 15.8. The fourth-order valence-electron chi connectivity index (χ4n) is 3.45. The Morgan fingerprint density at radius 3 is 2.23 bits per heavy atom. The van der Waals surface area contributed by atoms with E-state index in [-0.39, 0.29) is 45.5 Å². The van der Waals surface area contributed by atoms with Crippen molar-refractivity contribution >= 4 is 52.8 Å². The number of alkyl carbamates (subject to hydrolysis) is 1. The minimum Gasteiger partial charge on any atom is -0.497 e. The van der Waals surface area contributed by atoms with E-state index >= 15 is 0 Å². The second-order valence-corrected chi connectivity index (χ2v) is 10.4. The zero-order chi connectivity index (χ0) is 29.6. The summed E-state index contributed by atoms with van der Waals surface area (Å²) >= 11 is 12.6. The molecule has 0 atom stereocenters. The van der Waals surface area contributed by atoms with Gasteiger partial charge < -0.3 is 19.3 Å². The van der Waals surface area contributed by atoms with Gasteiger partial charge in [-0.15, -0.1) is 0 Å². The van der Waals surface area contributed by atoms with Crippen molar-refractivity contribution < 1.29 is 28.4 Å². The van der Waals surface area contributed by atoms with Crippen LogP contribution in [0.1, 0.15) is 49.4 Å². The number of anilines is 1. The molecule has 0 bridgehead atoms. The Morgan fingerprint density at radius 1 is 1.05 bits per heavy atom. The number of ether oxygens (including phenoxy) is 2. The Kier molecular flexibility index (Phi) is 9.78. The average Bonchev–Trinajstić information content (AvgIpc) is 3.25. The van der Waals surface area contributed by atoms with Gasteiger partial charge in [-0.25, -0.2) is 9.79 Å². The first-order valence-corrected chi connectivity index (χ1v) is 12.7. The number of aryl methyl sites for hydroxylation is 1. The highest BCUT2D eigenvalue weighted by Crippen LogP contribution is 2.32. The molecule has 1 aromatic heterocycles. The summed E-state index contributed by atoms with van der Waals surface area (Å²) in [4.78, 5) is 41.7. The van der Waals surface area contributed by atoms with Crippen LogP contribution >= 0.6 is 23.2 Å². The van der Waals surface area contributed by atoms with Gasteiger partial charge in [0.1, 0.15) is 28.4 Å². The lowest BCUT2D eigenvalue weighted by atomic mass is 10.1. The van der Waals surface area contributed by atoms with Gasteiger partial charge in [0.05, 0.1) is 29.4 Å². The van der Waals surface area contributed by atoms with Crippen LogP contribution in [-0.2, 0) is 16.1 Å². The number of hydrogen-bond donors (Lipinski definition) is 3. The normalized spacial score (nSPS) is 11.6. The van der Waals surface area contributed by atoms with Crippen LogP contribution in [0.5, 0.6) is 5.75 Å². The lowest BCUT2D eigenvalue weighted by molar-refractivity contribution is -0.114. The summed E-state index contributed by atoms with van der Waals surface area (Å²) in [5.41, 5.74) is 1.06. The summed E-state index contributed by atoms with van der Waals surface area (Å²) in [5.74, 6) is -0.266. The van der Waals surface area contributed by atoms with Crippen LogP contribution in [0.15, 0.2) is 45.9 Å². The van der Waals surface area contributed by atoms with Crippen LogP contribution in [-0.4, -0.2) is 41.7 Å². The summed E-state index contributed by atoms with van der Waals surface area (Å²) in [6, 6.07) is 10.0. The van der Waals surface area contributed by atoms with Gasteiger partial charge in [-0.1, -0.05) is 28.4 Å². The Morgan fingerprint density at radius 2 is 1.68 bits per heavy atom. The van der Waals surface area contributed by atoms with Gasteiger partial charge in [-0.05, 0) is 69.7 Å². The Bertz CT molecular complexity index is 1420. The smallest absolute Gasteiger partial charge is 0.414 e. The number of benzene rings is 2. The van der Waals surface area contributed by atoms with E-state index in [1.54, 1.807) is 71.2 Å². The third kappa shape index (κ3) is 8.20. The van der Waals surface area contributed by atoms with Gasteiger partial charge in [0, 0.05) is 12.5 Å². The molecule has 0 fully saturated rings. The predicted molar refractivity (Wildman–Crippen MR) is 152 cm³/mol. The molecule has 0 unspecified atom stereocenters. The topological polar surface area (TPSA) is 144 Å². The molecule has 40 heavy (non-hydrogen) atoms. The van der Waals surface area contributed by atoms with E-state index in [0.29, 0.717) is 22.6 Å². The van der Waals surface area contributed by atoms with Crippen molar-refractivity contribution in [2.75, 3.05) is 12.4 Å². The Hall–Kier alpha value is -4.09. The third-order valence-corrected chi connectivity index (χ3v) is 5.72. The van der Waals surface area contributed by atoms with Crippen LogP contribution in [0, 0.1) is 6.92 Å². The van der Waals surface area contributed by atoms with E-state index in [0.717, 1.165) is 0 Å². The number of nitrogens with zero attached hydrogens (tertiary/aromatic N) is 2. The Labute approximate surface area is 241 Å². The molecular formula is C27H29Cl2N5O6. The fourth-order valence-corrected chi connectivity index (χ4v) is 4.08. The summed E-state index contributed by atoms with van der Waals surface area (Å²) in [6.45, 7) is 7.98. The van der Waals surface area contributed by atoms with Crippen LogP contribution < -0.4 is 20.7 Å². The number of halogens is 2. The van der Waals surface area contributed by atoms with Crippen molar-refractivity contribution in [2.24, 2.45) is 4.99 Å². The molecule has 3 amide bonds. The highest BCUT2D eigenvalue weighted by Gasteiger charge is 2.24. The maximum atomic E-state index is 13.4. The molecule has 0 spiro atoms. The Balaban J connectivity index is 1.91. The molecule has 3 aromatic rings. The largest absolute Gasteiger partial charge is 0.497 e. The molecule has 0 radical (unpaired) electrons. The van der Waals surface area contributed by atoms with Gasteiger partial charge >= 0.3 is 6.09 Å². The quantitative estimate of drug-likeness (QED) is 0.246. The van der Waals surface area contributed by atoms with Gasteiger partial charge in [0.2, 0.25) is 11.9 Å². The number of aromatic nitrogens is 1. The zero-order valence-corrected chi connectivity index (χ0v) is 24.3. The number of methoxy groups -OCH3 is 1. The highest BCUT2D eigenvalue weighted by molar-refractivity contribution is 6.39. The lowest BCUT2D eigenvalue weighted by Gasteiger charge is -2.20. The monoisotopic (exact) mass is 589 g/mol. The van der Waals surface area contributed by atoms with Gasteiger partial charge in [0.15, 0.2) is 0 Å². The first kappa shape index (κ1) is 30.5. The van der Waals surface area contributed by atoms with E-state index in [2.05, 4.69) is 26.1 Å². The van der Waals surface area contributed by atoms with Gasteiger partial charge in [0.25, 0.3) is 5.91 Å². The first-order chi connectivity index (χ1) is 18.8. The second-order valence-electron chi connectivity index (χ2n) is 9.55. The van der Waals surface area contributed by atoms with Crippen molar-refractivity contribution in [2.45, 2.75) is 46.8 Å². The minimum atomic E-state index is -0.832. The highest BCUT2D eigenvalue weighted by atomic mass is 35.5. The lowest BCUT2D eigenvalue weighted by Crippen LogP contribution is -2.46. The summed E-state index contributed by atoms with van der Waals surface area (Å²) in [6.07, 6.45) is -0.832. The predicted octanol–water partition coefficient (Wildman–Crippen LogP) is 5.73. The van der Waals surface area contributed by atoms with Crippen molar-refractivity contribution in [3.8, 4) is 17.0 Å². The summed E-state index contributed by atoms with van der Waals surface area (Å²) in [5, 5.41) is 12.1. The third-order valence-electron chi connectivity index (χ3n) is 5.13. The molecule has 3 rings (SSSR count). The fraction of sp³-hybridized carbons (Fsp3) is 0.296. The second kappa shape index (κ2) is 12.8. The number of guanidine groups is 1. The van der Waals surface area contributed by atoms with Crippen molar-refractivity contribution in [1.82, 2.24) is 15.8 Å². The number of carbonyl (C=O) groups excluding carboxylic acids is 3. The SMILES string of the molecule is COc1ccc(-c2noc(C)c2C(=O)NC(=NCc2cc(Cl)c(NC(C)=O)c(Cl)c2)NC(=O)OC(C)(C)C)cc1. The van der Waals surface area contributed by atoms with Crippen molar-refractivity contribution in [3.63, 3.8) is 0 Å². The molecule has 0 aliphatic rings. The van der Waals surface area contributed by atoms with Crippen LogP contribution in [0.2, 0.25) is 10.0 Å². The van der Waals surface area contributed by atoms with Crippen molar-refractivity contribution in [3.05, 3.63) is 63.3 Å². The molecule has 0 aliphatic heterocycles. The van der Waals surface area contributed by atoms with E-state index in [9.17, 15) is 14.4 Å². The number of carbonyl (C=O) groups is 3. The van der Waals surface area contributed by atoms with E-state index in [1.807, 2.05) is 0 Å². The van der Waals surface area contributed by atoms with E-state index in [1.165, 1.54) is 6.92 Å². The molecule has 0 saturated carbocycles. The van der Waals surface area contributed by atoms with E-state index < -0.39 is 17.6 Å². The molecule has 13 heteroatoms. The maximum absolute atomic E-state index is 13.4. The average molecular weight is 590 g/mol. The van der Waals surface area contributed by atoms with E-state index in [4.69, 9.17) is 37.2 Å². The molecule has 2 aromatic carbocycles. The van der Waals surface area contributed by atoms with Gasteiger partial charge in [-0.2, -0.15) is 0 Å². The molecule has 3 N–H and O–H groups in total. The standard InChI is InChI=1S/C27H29Cl2N5O6/c1-14-21(22(34-40-14)17-7-9-18(38-6)10-8-17)24(36)32-25(33-26(37)39-27(3,4)5)30-13-16-11-19(28)23(20(29)12-16)31-15(2)35/h7-12H,13H2,1-6H3,(H,31,35)(H2,30,32,33,36,37). The molecular weight excluding hydrogens is 561 g/mol. The number of aliphatic imine (C=N–C) groups is 1. The minimum absolute atomic E-state index is 0.0425. The molecule has 0 saturated heterocycles. The number of nitrogens with one attached hydrogen (secondary N) is 3. The molecule has 0 aliphatic carbocycles. The maximum Gasteiger partial charge on any atom is 0.414 e.